The predicted molar refractivity (Wildman–Crippen MR) is 54.1 cm³/mol. The minimum Gasteiger partial charge on any atom is -0.0654 e. The van der Waals surface area contributed by atoms with Crippen LogP contribution in [-0.4, -0.2) is 0 Å². The second-order valence-corrected chi connectivity index (χ2v) is 3.40. The summed E-state index contributed by atoms with van der Waals surface area (Å²) in [5.41, 5.74) is 2.73. The van der Waals surface area contributed by atoms with Crippen molar-refractivity contribution in [1.29, 1.82) is 0 Å². The molecule has 12 heavy (non-hydrogen) atoms. The minimum atomic E-state index is 1.21. The minimum absolute atomic E-state index is 1.21. The van der Waals surface area contributed by atoms with Gasteiger partial charge in [0.05, 0.1) is 0 Å². The first-order valence-electron chi connectivity index (χ1n) is 4.63. The van der Waals surface area contributed by atoms with Gasteiger partial charge in [0, 0.05) is 5.92 Å². The summed E-state index contributed by atoms with van der Waals surface area (Å²) in [5, 5.41) is 0. The van der Waals surface area contributed by atoms with E-state index in [1.807, 2.05) is 0 Å². The summed E-state index contributed by atoms with van der Waals surface area (Å²) >= 11 is 0. The van der Waals surface area contributed by atoms with Crippen molar-refractivity contribution >= 4 is 0 Å². The summed E-state index contributed by atoms with van der Waals surface area (Å²) in [6, 6.07) is 8.77. The molecule has 65 valence electrons. The maximum Gasteiger partial charge on any atom is 0.00188 e. The molecule has 0 saturated carbocycles. The third-order valence-corrected chi connectivity index (χ3v) is 2.17. The summed E-state index contributed by atoms with van der Waals surface area (Å²) in [5.74, 6) is 1.50. The van der Waals surface area contributed by atoms with Gasteiger partial charge in [-0.05, 0) is 18.9 Å². The zero-order chi connectivity index (χ0) is 8.97. The fourth-order valence-electron chi connectivity index (χ4n) is 1.36. The largest absolute Gasteiger partial charge is 0.0654 e. The molecular weight excluding hydrogens is 144 g/mol. The van der Waals surface area contributed by atoms with E-state index in [0.717, 1.165) is 0 Å². The Balaban J connectivity index is 2.68. The highest BCUT2D eigenvalue weighted by molar-refractivity contribution is 5.31. The zero-order valence-corrected chi connectivity index (χ0v) is 8.22. The molecule has 0 fully saturated rings. The fraction of sp³-hybridized carbons (Fsp3) is 0.417. The Hall–Kier alpha value is -0.780. The summed E-state index contributed by atoms with van der Waals surface area (Å²) in [4.78, 5) is 0. The summed E-state index contributed by atoms with van der Waals surface area (Å²) in [6.45, 7) is 6.56. The lowest BCUT2D eigenvalue weighted by atomic mass is 9.96. The van der Waals surface area contributed by atoms with E-state index in [4.69, 9.17) is 0 Å². The third-order valence-electron chi connectivity index (χ3n) is 2.17. The highest BCUT2D eigenvalue weighted by Gasteiger charge is 2.03. The quantitative estimate of drug-likeness (QED) is 0.633. The third kappa shape index (κ3) is 2.37. The first kappa shape index (κ1) is 9.31. The van der Waals surface area contributed by atoms with Gasteiger partial charge in [0.2, 0.25) is 0 Å². The van der Waals surface area contributed by atoms with Crippen molar-refractivity contribution in [2.75, 3.05) is 0 Å². The van der Waals surface area contributed by atoms with Gasteiger partial charge in [0.1, 0.15) is 0 Å². The number of hydrogen-bond acceptors (Lipinski definition) is 0. The molecule has 0 aliphatic carbocycles. The zero-order valence-electron chi connectivity index (χ0n) is 8.22. The predicted octanol–water partition coefficient (Wildman–Crippen LogP) is 3.74. The van der Waals surface area contributed by atoms with Crippen LogP contribution in [0.25, 0.3) is 0 Å². The van der Waals surface area contributed by atoms with Crippen molar-refractivity contribution in [2.24, 2.45) is 0 Å². The normalized spacial score (nSPS) is 10.7. The maximum atomic E-state index is 2.22. The molecule has 0 aliphatic heterocycles. The Morgan fingerprint density at radius 2 is 1.75 bits per heavy atom. The summed E-state index contributed by atoms with van der Waals surface area (Å²) < 4.78 is 0. The Labute approximate surface area is 75.6 Å². The number of hydrogen-bond donors (Lipinski definition) is 0. The average Bonchev–Trinajstić information content (AvgIpc) is 2.06. The van der Waals surface area contributed by atoms with E-state index in [1.165, 1.54) is 29.9 Å². The number of benzene rings is 1. The van der Waals surface area contributed by atoms with Gasteiger partial charge in [-0.15, -0.1) is 0 Å². The van der Waals surface area contributed by atoms with Crippen LogP contribution in [0.1, 0.15) is 37.8 Å². The summed E-state index contributed by atoms with van der Waals surface area (Å²) in [6.07, 6.45) is 2.45. The van der Waals surface area contributed by atoms with Crippen LogP contribution < -0.4 is 0 Å². The molecule has 0 heterocycles. The van der Waals surface area contributed by atoms with Crippen LogP contribution in [0.4, 0.5) is 0 Å². The highest BCUT2D eigenvalue weighted by Crippen LogP contribution is 2.19. The van der Waals surface area contributed by atoms with E-state index in [0.29, 0.717) is 0 Å². The van der Waals surface area contributed by atoms with Crippen LogP contribution in [0.15, 0.2) is 24.3 Å². The van der Waals surface area contributed by atoms with E-state index in [1.54, 1.807) is 0 Å². The molecule has 0 N–H and O–H groups in total. The van der Waals surface area contributed by atoms with Crippen molar-refractivity contribution < 1.29 is 0 Å². The Bertz CT molecular complexity index is 220. The lowest BCUT2D eigenvalue weighted by molar-refractivity contribution is 0.828. The molecule has 0 aromatic heterocycles. The smallest absolute Gasteiger partial charge is 0.00188 e. The number of aryl methyl sites for hydroxylation is 1. The van der Waals surface area contributed by atoms with Crippen molar-refractivity contribution in [3.8, 4) is 0 Å². The second-order valence-electron chi connectivity index (χ2n) is 3.40. The van der Waals surface area contributed by atoms with Gasteiger partial charge in [0.15, 0.2) is 0 Å². The van der Waals surface area contributed by atoms with Gasteiger partial charge >= 0.3 is 0 Å². The van der Waals surface area contributed by atoms with Gasteiger partial charge in [-0.1, -0.05) is 50.1 Å². The molecule has 0 saturated heterocycles. The SMILES string of the molecule is CCC[C](C)c1ccc(C)cc1. The van der Waals surface area contributed by atoms with Crippen molar-refractivity contribution in [1.82, 2.24) is 0 Å². The van der Waals surface area contributed by atoms with Crippen molar-refractivity contribution in [3.63, 3.8) is 0 Å². The fourth-order valence-corrected chi connectivity index (χ4v) is 1.36. The second kappa shape index (κ2) is 4.30. The standard InChI is InChI=1S/C12H17/c1-4-5-11(3)12-8-6-10(2)7-9-12/h6-9H,4-5H2,1-3H3. The Morgan fingerprint density at radius 1 is 1.17 bits per heavy atom. The van der Waals surface area contributed by atoms with Crippen molar-refractivity contribution in [2.45, 2.75) is 33.6 Å². The Kier molecular flexibility index (Phi) is 3.33. The first-order chi connectivity index (χ1) is 5.74. The van der Waals surface area contributed by atoms with E-state index >= 15 is 0 Å². The van der Waals surface area contributed by atoms with Crippen LogP contribution in [0.2, 0.25) is 0 Å². The van der Waals surface area contributed by atoms with Gasteiger partial charge in [-0.3, -0.25) is 0 Å². The van der Waals surface area contributed by atoms with E-state index in [-0.39, 0.29) is 0 Å². The molecule has 1 aromatic rings. The molecule has 1 rings (SSSR count). The van der Waals surface area contributed by atoms with Crippen molar-refractivity contribution in [3.05, 3.63) is 41.3 Å². The lowest BCUT2D eigenvalue weighted by Crippen LogP contribution is -1.93. The molecule has 0 unspecified atom stereocenters. The topological polar surface area (TPSA) is 0 Å². The summed E-state index contributed by atoms with van der Waals surface area (Å²) in [7, 11) is 0. The molecule has 0 atom stereocenters. The molecule has 1 aromatic carbocycles. The van der Waals surface area contributed by atoms with Crippen LogP contribution in [0.3, 0.4) is 0 Å². The van der Waals surface area contributed by atoms with E-state index < -0.39 is 0 Å². The van der Waals surface area contributed by atoms with Crippen LogP contribution in [0.5, 0.6) is 0 Å². The number of rotatable bonds is 3. The van der Waals surface area contributed by atoms with Gasteiger partial charge < -0.3 is 0 Å². The molecular formula is C12H17. The molecule has 0 heteroatoms. The monoisotopic (exact) mass is 161 g/mol. The Morgan fingerprint density at radius 3 is 2.25 bits per heavy atom. The highest BCUT2D eigenvalue weighted by atomic mass is 14.1. The van der Waals surface area contributed by atoms with Crippen LogP contribution in [0, 0.1) is 12.8 Å². The van der Waals surface area contributed by atoms with Crippen LogP contribution >= 0.6 is 0 Å². The van der Waals surface area contributed by atoms with Gasteiger partial charge in [-0.25, -0.2) is 0 Å². The molecule has 0 nitrogen and oxygen atoms in total. The van der Waals surface area contributed by atoms with Gasteiger partial charge in [-0.2, -0.15) is 0 Å². The lowest BCUT2D eigenvalue weighted by Gasteiger charge is -2.09. The van der Waals surface area contributed by atoms with E-state index in [9.17, 15) is 0 Å². The maximum absolute atomic E-state index is 2.22. The first-order valence-corrected chi connectivity index (χ1v) is 4.63. The van der Waals surface area contributed by atoms with Gasteiger partial charge in [0.25, 0.3) is 0 Å². The molecule has 0 bridgehead atoms. The molecule has 0 spiro atoms. The van der Waals surface area contributed by atoms with Crippen LogP contribution in [-0.2, 0) is 0 Å². The molecule has 1 radical (unpaired) electrons. The average molecular weight is 161 g/mol. The molecule has 0 amide bonds. The van der Waals surface area contributed by atoms with E-state index in [2.05, 4.69) is 45.0 Å². The molecule has 0 aliphatic rings.